The Morgan fingerprint density at radius 2 is 1.84 bits per heavy atom. The topological polar surface area (TPSA) is 58.6 Å². The number of nitrogens with one attached hydrogen (secondary N) is 1. The lowest BCUT2D eigenvalue weighted by Crippen LogP contribution is -2.42. The molecule has 1 unspecified atom stereocenters. The van der Waals surface area contributed by atoms with E-state index < -0.39 is 0 Å². The third-order valence-electron chi connectivity index (χ3n) is 5.27. The Kier molecular flexibility index (Phi) is 4.64. The maximum atomic E-state index is 12.2. The van der Waals surface area contributed by atoms with Gasteiger partial charge in [0.05, 0.1) is 6.61 Å². The van der Waals surface area contributed by atoms with Crippen molar-refractivity contribution in [1.82, 2.24) is 10.2 Å². The number of nitrogens with zero attached hydrogens (tertiary/aromatic N) is 1. The van der Waals surface area contributed by atoms with Gasteiger partial charge in [-0.2, -0.15) is 0 Å². The molecule has 3 fully saturated rings. The highest BCUT2D eigenvalue weighted by atomic mass is 16.5. The summed E-state index contributed by atoms with van der Waals surface area (Å²) in [4.78, 5) is 26.2. The zero-order valence-corrected chi connectivity index (χ0v) is 14.6. The number of carbonyl (C=O) groups is 2. The Morgan fingerprint density at radius 3 is 2.52 bits per heavy atom. The van der Waals surface area contributed by atoms with Crippen LogP contribution in [0.5, 0.6) is 5.75 Å². The molecule has 2 aliphatic carbocycles. The number of ether oxygens (including phenoxy) is 1. The second kappa shape index (κ2) is 7.06. The summed E-state index contributed by atoms with van der Waals surface area (Å²) in [6.45, 7) is 2.34. The Balaban J connectivity index is 1.25. The van der Waals surface area contributed by atoms with Crippen LogP contribution in [0.15, 0.2) is 24.3 Å². The van der Waals surface area contributed by atoms with Crippen LogP contribution in [0.25, 0.3) is 0 Å². The van der Waals surface area contributed by atoms with Gasteiger partial charge in [0.15, 0.2) is 0 Å². The predicted octanol–water partition coefficient (Wildman–Crippen LogP) is 2.61. The number of benzene rings is 1. The van der Waals surface area contributed by atoms with Crippen LogP contribution in [-0.4, -0.2) is 42.5 Å². The number of rotatable bonds is 6. The van der Waals surface area contributed by atoms with Crippen molar-refractivity contribution < 1.29 is 14.3 Å². The lowest BCUT2D eigenvalue weighted by Gasteiger charge is -2.32. The maximum Gasteiger partial charge on any atom is 0.251 e. The van der Waals surface area contributed by atoms with E-state index in [1.54, 1.807) is 0 Å². The quantitative estimate of drug-likeness (QED) is 0.864. The minimum absolute atomic E-state index is 0.00411. The first-order valence-corrected chi connectivity index (χ1v) is 9.51. The molecule has 1 N–H and O–H groups in total. The van der Waals surface area contributed by atoms with Gasteiger partial charge in [0.25, 0.3) is 5.91 Å². The van der Waals surface area contributed by atoms with Crippen LogP contribution in [0.1, 0.15) is 48.9 Å². The molecule has 1 aromatic carbocycles. The molecule has 0 bridgehead atoms. The first-order chi connectivity index (χ1) is 12.2. The highest BCUT2D eigenvalue weighted by Gasteiger charge is 2.35. The van der Waals surface area contributed by atoms with Crippen LogP contribution < -0.4 is 10.1 Å². The fourth-order valence-electron chi connectivity index (χ4n) is 3.40. The van der Waals surface area contributed by atoms with Gasteiger partial charge in [0.1, 0.15) is 5.75 Å². The molecule has 5 heteroatoms. The first-order valence-electron chi connectivity index (χ1n) is 9.51. The Hall–Kier alpha value is -2.04. The van der Waals surface area contributed by atoms with Crippen molar-refractivity contribution in [2.45, 2.75) is 44.6 Å². The largest absolute Gasteiger partial charge is 0.493 e. The van der Waals surface area contributed by atoms with Crippen molar-refractivity contribution in [2.24, 2.45) is 11.8 Å². The van der Waals surface area contributed by atoms with Crippen LogP contribution in [0, 0.1) is 11.8 Å². The van der Waals surface area contributed by atoms with Crippen LogP contribution in [0.3, 0.4) is 0 Å². The summed E-state index contributed by atoms with van der Waals surface area (Å²) in [5, 5.41) is 2.99. The SMILES string of the molecule is O=C(NC1CC1)c1ccc(OCC2CCCN(C(=O)C3CC3)C2)cc1. The molecule has 0 spiro atoms. The molecule has 0 radical (unpaired) electrons. The smallest absolute Gasteiger partial charge is 0.251 e. The summed E-state index contributed by atoms with van der Waals surface area (Å²) < 4.78 is 5.91. The minimum atomic E-state index is -0.00411. The normalized spacial score (nSPS) is 23.2. The summed E-state index contributed by atoms with van der Waals surface area (Å²) in [5.74, 6) is 1.82. The Morgan fingerprint density at radius 1 is 1.08 bits per heavy atom. The molecule has 1 atom stereocenters. The minimum Gasteiger partial charge on any atom is -0.493 e. The van der Waals surface area contributed by atoms with Gasteiger partial charge < -0.3 is 15.0 Å². The molecule has 4 rings (SSSR count). The molecular weight excluding hydrogens is 316 g/mol. The van der Waals surface area contributed by atoms with Gasteiger partial charge in [-0.1, -0.05) is 0 Å². The van der Waals surface area contributed by atoms with Crippen molar-refractivity contribution in [3.05, 3.63) is 29.8 Å². The zero-order chi connectivity index (χ0) is 17.2. The molecule has 5 nitrogen and oxygen atoms in total. The number of likely N-dealkylation sites (tertiary alicyclic amines) is 1. The van der Waals surface area contributed by atoms with Gasteiger partial charge in [-0.05, 0) is 62.8 Å². The van der Waals surface area contributed by atoms with Gasteiger partial charge in [-0.25, -0.2) is 0 Å². The molecule has 3 aliphatic rings. The number of hydrogen-bond donors (Lipinski definition) is 1. The third-order valence-corrected chi connectivity index (χ3v) is 5.27. The number of hydrogen-bond acceptors (Lipinski definition) is 3. The van der Waals surface area contributed by atoms with Crippen molar-refractivity contribution in [3.63, 3.8) is 0 Å². The van der Waals surface area contributed by atoms with E-state index in [1.807, 2.05) is 29.2 Å². The fraction of sp³-hybridized carbons (Fsp3) is 0.600. The van der Waals surface area contributed by atoms with E-state index in [4.69, 9.17) is 4.74 Å². The Labute approximate surface area is 148 Å². The lowest BCUT2D eigenvalue weighted by atomic mass is 9.98. The van der Waals surface area contributed by atoms with E-state index in [2.05, 4.69) is 5.32 Å². The van der Waals surface area contributed by atoms with Crippen molar-refractivity contribution in [2.75, 3.05) is 19.7 Å². The molecule has 0 aromatic heterocycles. The second-order valence-corrected chi connectivity index (χ2v) is 7.65. The van der Waals surface area contributed by atoms with E-state index in [9.17, 15) is 9.59 Å². The average molecular weight is 342 g/mol. The number of piperidine rings is 1. The Bertz CT molecular complexity index is 635. The highest BCUT2D eigenvalue weighted by molar-refractivity contribution is 5.94. The van der Waals surface area contributed by atoms with E-state index >= 15 is 0 Å². The van der Waals surface area contributed by atoms with Crippen LogP contribution in [-0.2, 0) is 4.79 Å². The van der Waals surface area contributed by atoms with Crippen LogP contribution >= 0.6 is 0 Å². The van der Waals surface area contributed by atoms with Gasteiger partial charge in [-0.3, -0.25) is 9.59 Å². The second-order valence-electron chi connectivity index (χ2n) is 7.65. The monoisotopic (exact) mass is 342 g/mol. The van der Waals surface area contributed by atoms with E-state index in [-0.39, 0.29) is 5.91 Å². The lowest BCUT2D eigenvalue weighted by molar-refractivity contribution is -0.134. The number of amides is 2. The molecular formula is C20H26N2O3. The van der Waals surface area contributed by atoms with Gasteiger partial charge >= 0.3 is 0 Å². The average Bonchev–Trinajstić information content (AvgIpc) is 3.54. The van der Waals surface area contributed by atoms with E-state index in [0.717, 1.165) is 57.4 Å². The zero-order valence-electron chi connectivity index (χ0n) is 14.6. The molecule has 134 valence electrons. The van der Waals surface area contributed by atoms with E-state index in [1.165, 1.54) is 0 Å². The van der Waals surface area contributed by atoms with Crippen molar-refractivity contribution >= 4 is 11.8 Å². The van der Waals surface area contributed by atoms with Crippen LogP contribution in [0.4, 0.5) is 0 Å². The van der Waals surface area contributed by atoms with Gasteiger partial charge in [0, 0.05) is 36.5 Å². The summed E-state index contributed by atoms with van der Waals surface area (Å²) in [5.41, 5.74) is 0.679. The van der Waals surface area contributed by atoms with Gasteiger partial charge in [0.2, 0.25) is 5.91 Å². The molecule has 2 amide bonds. The van der Waals surface area contributed by atoms with E-state index in [0.29, 0.717) is 36.0 Å². The molecule has 1 aromatic rings. The van der Waals surface area contributed by atoms with Crippen molar-refractivity contribution in [3.8, 4) is 5.75 Å². The third kappa shape index (κ3) is 4.33. The fourth-order valence-corrected chi connectivity index (χ4v) is 3.40. The van der Waals surface area contributed by atoms with Gasteiger partial charge in [-0.15, -0.1) is 0 Å². The molecule has 2 saturated carbocycles. The maximum absolute atomic E-state index is 12.2. The molecule has 1 heterocycles. The first kappa shape index (κ1) is 16.4. The molecule has 25 heavy (non-hydrogen) atoms. The summed E-state index contributed by atoms with van der Waals surface area (Å²) in [6, 6.07) is 7.72. The summed E-state index contributed by atoms with van der Waals surface area (Å²) in [7, 11) is 0. The predicted molar refractivity (Wildman–Crippen MR) is 94.5 cm³/mol. The van der Waals surface area contributed by atoms with Crippen LogP contribution in [0.2, 0.25) is 0 Å². The molecule has 1 aliphatic heterocycles. The number of carbonyl (C=O) groups excluding carboxylic acids is 2. The molecule has 1 saturated heterocycles. The van der Waals surface area contributed by atoms with Crippen molar-refractivity contribution in [1.29, 1.82) is 0 Å². The summed E-state index contributed by atoms with van der Waals surface area (Å²) in [6.07, 6.45) is 6.49. The standard InChI is InChI=1S/C20H26N2O3/c23-19(21-17-7-8-17)15-5-9-18(10-6-15)25-13-14-2-1-11-22(12-14)20(24)16-3-4-16/h5-6,9-10,14,16-17H,1-4,7-8,11-13H2,(H,21,23). The summed E-state index contributed by atoms with van der Waals surface area (Å²) >= 11 is 0. The highest BCUT2D eigenvalue weighted by Crippen LogP contribution is 2.32.